The van der Waals surface area contributed by atoms with E-state index in [2.05, 4.69) is 5.32 Å². The van der Waals surface area contributed by atoms with E-state index >= 15 is 0 Å². The van der Waals surface area contributed by atoms with Crippen LogP contribution in [0, 0.1) is 11.7 Å². The Morgan fingerprint density at radius 1 is 1.28 bits per heavy atom. The van der Waals surface area contributed by atoms with Crippen molar-refractivity contribution in [2.45, 2.75) is 38.0 Å². The molecule has 1 saturated carbocycles. The molecule has 1 unspecified atom stereocenters. The standard InChI is InChI=1S/C20H17ClFN3O4/c21-12-5-9(1-3-13(12)22)6-23-19(28)11-7-24-8-15-10-2-4-14(10)25(15)20(29)16(24)18(27)17(11)26/h1,3,5,7,10,14-15,27H,2,4,6,8H2,(H,23,28)/t10?,14-,15-/m0/s1. The highest BCUT2D eigenvalue weighted by molar-refractivity contribution is 6.30. The van der Waals surface area contributed by atoms with Crippen molar-refractivity contribution in [2.24, 2.45) is 5.92 Å². The van der Waals surface area contributed by atoms with Gasteiger partial charge in [0, 0.05) is 31.2 Å². The number of carbonyl (C=O) groups is 2. The zero-order valence-corrected chi connectivity index (χ0v) is 15.9. The van der Waals surface area contributed by atoms with Crippen molar-refractivity contribution in [1.29, 1.82) is 0 Å². The van der Waals surface area contributed by atoms with Crippen molar-refractivity contribution >= 4 is 23.4 Å². The Balaban J connectivity index is 1.41. The number of pyridine rings is 1. The molecule has 3 aliphatic rings. The zero-order valence-electron chi connectivity index (χ0n) is 15.2. The van der Waals surface area contributed by atoms with E-state index in [1.54, 1.807) is 4.90 Å². The SMILES string of the molecule is O=C(NCc1ccc(F)c(Cl)c1)c1cn2c(c(O)c1=O)C(=O)N1[C@H]3CCC3[C@@H]1C2. The molecule has 2 N–H and O–H groups in total. The summed E-state index contributed by atoms with van der Waals surface area (Å²) in [6.07, 6.45) is 3.35. The summed E-state index contributed by atoms with van der Waals surface area (Å²) in [5, 5.41) is 12.9. The summed E-state index contributed by atoms with van der Waals surface area (Å²) in [5.74, 6) is -1.86. The van der Waals surface area contributed by atoms with Crippen LogP contribution in [0.15, 0.2) is 29.2 Å². The molecule has 29 heavy (non-hydrogen) atoms. The van der Waals surface area contributed by atoms with Crippen LogP contribution in [0.25, 0.3) is 0 Å². The molecule has 2 aromatic rings. The molecule has 0 bridgehead atoms. The minimum atomic E-state index is -0.886. The Morgan fingerprint density at radius 2 is 2.07 bits per heavy atom. The molecule has 150 valence electrons. The van der Waals surface area contributed by atoms with Crippen molar-refractivity contribution in [3.05, 3.63) is 62.3 Å². The van der Waals surface area contributed by atoms with E-state index < -0.39 is 22.9 Å². The maximum atomic E-state index is 13.2. The smallest absolute Gasteiger partial charge is 0.275 e. The molecular weight excluding hydrogens is 401 g/mol. The molecule has 2 aliphatic heterocycles. The lowest BCUT2D eigenvalue weighted by atomic mass is 9.64. The number of fused-ring (bicyclic) bond motifs is 5. The van der Waals surface area contributed by atoms with E-state index in [0.717, 1.165) is 12.8 Å². The molecule has 5 rings (SSSR count). The summed E-state index contributed by atoms with van der Waals surface area (Å²) in [6.45, 7) is 0.476. The summed E-state index contributed by atoms with van der Waals surface area (Å²) in [7, 11) is 0. The van der Waals surface area contributed by atoms with Gasteiger partial charge in [0.15, 0.2) is 11.4 Å². The van der Waals surface area contributed by atoms with Crippen molar-refractivity contribution in [3.8, 4) is 5.75 Å². The van der Waals surface area contributed by atoms with Crippen LogP contribution in [0.5, 0.6) is 5.75 Å². The van der Waals surface area contributed by atoms with Gasteiger partial charge in [-0.2, -0.15) is 0 Å². The van der Waals surface area contributed by atoms with Crippen LogP contribution in [0.4, 0.5) is 4.39 Å². The maximum Gasteiger partial charge on any atom is 0.275 e. The van der Waals surface area contributed by atoms with Crippen LogP contribution in [0.2, 0.25) is 5.02 Å². The van der Waals surface area contributed by atoms with Crippen LogP contribution in [-0.2, 0) is 13.1 Å². The largest absolute Gasteiger partial charge is 0.503 e. The van der Waals surface area contributed by atoms with Crippen molar-refractivity contribution in [2.75, 3.05) is 0 Å². The predicted octanol–water partition coefficient (Wildman–Crippen LogP) is 1.89. The maximum absolute atomic E-state index is 13.2. The predicted molar refractivity (Wildman–Crippen MR) is 101 cm³/mol. The fourth-order valence-electron chi connectivity index (χ4n) is 4.61. The first kappa shape index (κ1) is 18.2. The average Bonchev–Trinajstić information content (AvgIpc) is 2.67. The molecule has 0 radical (unpaired) electrons. The Morgan fingerprint density at radius 3 is 2.76 bits per heavy atom. The molecule has 2 fully saturated rings. The number of aromatic hydroxyl groups is 1. The highest BCUT2D eigenvalue weighted by Crippen LogP contribution is 2.50. The molecule has 1 aromatic carbocycles. The Labute approximate surface area is 169 Å². The number of nitrogens with one attached hydrogen (secondary N) is 1. The second-order valence-electron chi connectivity index (χ2n) is 7.74. The first-order valence-electron chi connectivity index (χ1n) is 9.38. The van der Waals surface area contributed by atoms with Gasteiger partial charge in [0.2, 0.25) is 5.43 Å². The fourth-order valence-corrected chi connectivity index (χ4v) is 4.81. The van der Waals surface area contributed by atoms with Gasteiger partial charge < -0.3 is 19.9 Å². The minimum absolute atomic E-state index is 0.0277. The van der Waals surface area contributed by atoms with Crippen LogP contribution >= 0.6 is 11.6 Å². The lowest BCUT2D eigenvalue weighted by Crippen LogP contribution is -2.73. The fraction of sp³-hybridized carbons (Fsp3) is 0.350. The molecule has 1 aliphatic carbocycles. The number of aromatic nitrogens is 1. The first-order valence-corrected chi connectivity index (χ1v) is 9.76. The van der Waals surface area contributed by atoms with E-state index in [9.17, 15) is 23.9 Å². The number of amides is 2. The first-order chi connectivity index (χ1) is 13.9. The van der Waals surface area contributed by atoms with Crippen LogP contribution in [0.3, 0.4) is 0 Å². The second kappa shape index (κ2) is 6.32. The molecule has 2 amide bonds. The van der Waals surface area contributed by atoms with Gasteiger partial charge in [0.25, 0.3) is 11.8 Å². The molecule has 9 heteroatoms. The van der Waals surface area contributed by atoms with Crippen LogP contribution < -0.4 is 10.7 Å². The van der Waals surface area contributed by atoms with E-state index in [0.29, 0.717) is 18.0 Å². The van der Waals surface area contributed by atoms with E-state index in [1.165, 1.54) is 29.0 Å². The second-order valence-corrected chi connectivity index (χ2v) is 8.15. The van der Waals surface area contributed by atoms with E-state index in [4.69, 9.17) is 11.6 Å². The molecule has 1 saturated heterocycles. The highest BCUT2D eigenvalue weighted by Gasteiger charge is 2.58. The van der Waals surface area contributed by atoms with Gasteiger partial charge in [-0.1, -0.05) is 17.7 Å². The van der Waals surface area contributed by atoms with Gasteiger partial charge in [-0.25, -0.2) is 4.39 Å². The molecule has 1 aromatic heterocycles. The Hall–Kier alpha value is -2.87. The van der Waals surface area contributed by atoms with Gasteiger partial charge in [-0.3, -0.25) is 14.4 Å². The Kier molecular flexibility index (Phi) is 3.96. The van der Waals surface area contributed by atoms with Gasteiger partial charge in [0.1, 0.15) is 11.4 Å². The number of hydrogen-bond acceptors (Lipinski definition) is 4. The molecule has 7 nitrogen and oxygen atoms in total. The van der Waals surface area contributed by atoms with Gasteiger partial charge >= 0.3 is 0 Å². The molecule has 3 atom stereocenters. The molecule has 3 heterocycles. The number of carbonyl (C=O) groups excluding carboxylic acids is 2. The van der Waals surface area contributed by atoms with Crippen molar-refractivity contribution in [3.63, 3.8) is 0 Å². The summed E-state index contributed by atoms with van der Waals surface area (Å²) in [6, 6.07) is 4.30. The molecular formula is C20H17ClFN3O4. The van der Waals surface area contributed by atoms with Gasteiger partial charge in [-0.15, -0.1) is 0 Å². The van der Waals surface area contributed by atoms with Crippen molar-refractivity contribution < 1.29 is 19.1 Å². The third kappa shape index (κ3) is 2.58. The summed E-state index contributed by atoms with van der Waals surface area (Å²) in [4.78, 5) is 39.6. The summed E-state index contributed by atoms with van der Waals surface area (Å²) >= 11 is 5.73. The zero-order chi connectivity index (χ0) is 20.4. The van der Waals surface area contributed by atoms with Gasteiger partial charge in [-0.05, 0) is 30.5 Å². The quantitative estimate of drug-likeness (QED) is 0.797. The third-order valence-electron chi connectivity index (χ3n) is 6.26. The Bertz CT molecular complexity index is 1130. The lowest BCUT2D eigenvalue weighted by Gasteiger charge is -2.63. The lowest BCUT2D eigenvalue weighted by molar-refractivity contribution is -0.106. The molecule has 0 spiro atoms. The number of halogens is 2. The normalized spacial score (nSPS) is 24.0. The summed E-state index contributed by atoms with van der Waals surface area (Å²) < 4.78 is 14.8. The number of rotatable bonds is 3. The van der Waals surface area contributed by atoms with Crippen LogP contribution in [-0.4, -0.2) is 38.5 Å². The summed E-state index contributed by atoms with van der Waals surface area (Å²) in [5.41, 5.74) is -0.629. The van der Waals surface area contributed by atoms with Crippen LogP contribution in [0.1, 0.15) is 39.3 Å². The number of nitrogens with zero attached hydrogens (tertiary/aromatic N) is 2. The number of hydrogen-bond donors (Lipinski definition) is 2. The topological polar surface area (TPSA) is 91.6 Å². The average molecular weight is 418 g/mol. The monoisotopic (exact) mass is 417 g/mol. The highest BCUT2D eigenvalue weighted by atomic mass is 35.5. The van der Waals surface area contributed by atoms with Crippen molar-refractivity contribution in [1.82, 2.24) is 14.8 Å². The minimum Gasteiger partial charge on any atom is -0.503 e. The van der Waals surface area contributed by atoms with Gasteiger partial charge in [0.05, 0.1) is 11.1 Å². The van der Waals surface area contributed by atoms with E-state index in [1.807, 2.05) is 0 Å². The number of benzene rings is 1. The van der Waals surface area contributed by atoms with E-state index in [-0.39, 0.29) is 40.8 Å². The third-order valence-corrected chi connectivity index (χ3v) is 6.55. The number of piperidine rings is 1.